The van der Waals surface area contributed by atoms with Crippen molar-refractivity contribution >= 4 is 23.4 Å². The van der Waals surface area contributed by atoms with E-state index in [2.05, 4.69) is 15.5 Å². The number of hydrogen-bond donors (Lipinski definition) is 1. The van der Waals surface area contributed by atoms with E-state index in [1.54, 1.807) is 25.3 Å². The van der Waals surface area contributed by atoms with Crippen molar-refractivity contribution < 1.29 is 13.9 Å². The molecule has 0 aliphatic heterocycles. The van der Waals surface area contributed by atoms with E-state index in [4.69, 9.17) is 4.74 Å². The molecule has 1 fully saturated rings. The van der Waals surface area contributed by atoms with Crippen molar-refractivity contribution in [3.05, 3.63) is 53.8 Å². The number of carbonyl (C=O) groups is 1. The van der Waals surface area contributed by atoms with Gasteiger partial charge in [0.2, 0.25) is 5.91 Å². The average Bonchev–Trinajstić information content (AvgIpc) is 3.22. The van der Waals surface area contributed by atoms with Crippen molar-refractivity contribution in [1.29, 1.82) is 0 Å². The van der Waals surface area contributed by atoms with Crippen LogP contribution in [0.4, 0.5) is 10.1 Å². The number of anilines is 1. The minimum absolute atomic E-state index is 0.162. The molecule has 0 atom stereocenters. The summed E-state index contributed by atoms with van der Waals surface area (Å²) in [5.41, 5.74) is 2.10. The first-order valence-electron chi connectivity index (χ1n) is 10.8. The molecule has 1 N–H and O–H groups in total. The molecule has 0 saturated heterocycles. The van der Waals surface area contributed by atoms with E-state index in [-0.39, 0.29) is 23.5 Å². The highest BCUT2D eigenvalue weighted by molar-refractivity contribution is 7.99. The van der Waals surface area contributed by atoms with Crippen LogP contribution < -0.4 is 10.1 Å². The fourth-order valence-corrected chi connectivity index (χ4v) is 4.91. The predicted molar refractivity (Wildman–Crippen MR) is 125 cm³/mol. The number of aromatic nitrogens is 3. The van der Waals surface area contributed by atoms with Crippen LogP contribution in [0.15, 0.2) is 47.6 Å². The van der Waals surface area contributed by atoms with Crippen LogP contribution in [-0.2, 0) is 4.79 Å². The Labute approximate surface area is 191 Å². The monoisotopic (exact) mass is 454 g/mol. The molecular formula is C24H27FN4O2S. The van der Waals surface area contributed by atoms with E-state index in [0.29, 0.717) is 28.0 Å². The SMILES string of the molecule is COc1ccc(C)cc1NC(=O)CSc1nnc(-c2ccccc2F)n1C1CCCCC1. The zero-order chi connectivity index (χ0) is 22.5. The number of amides is 1. The van der Waals surface area contributed by atoms with Crippen LogP contribution in [0.5, 0.6) is 5.75 Å². The first-order valence-corrected chi connectivity index (χ1v) is 11.8. The number of hydrogen-bond acceptors (Lipinski definition) is 5. The summed E-state index contributed by atoms with van der Waals surface area (Å²) in [7, 11) is 1.58. The number of aryl methyl sites for hydroxylation is 1. The molecule has 1 saturated carbocycles. The molecule has 0 unspecified atom stereocenters. The summed E-state index contributed by atoms with van der Waals surface area (Å²) in [6, 6.07) is 12.5. The van der Waals surface area contributed by atoms with Crippen molar-refractivity contribution in [3.63, 3.8) is 0 Å². The number of rotatable bonds is 7. The fourth-order valence-electron chi connectivity index (χ4n) is 4.11. The lowest BCUT2D eigenvalue weighted by Gasteiger charge is -2.25. The number of thioether (sulfide) groups is 1. The maximum Gasteiger partial charge on any atom is 0.234 e. The van der Waals surface area contributed by atoms with Gasteiger partial charge in [0.15, 0.2) is 11.0 Å². The third kappa shape index (κ3) is 4.96. The third-order valence-corrected chi connectivity index (χ3v) is 6.62. The summed E-state index contributed by atoms with van der Waals surface area (Å²) in [5, 5.41) is 12.2. The predicted octanol–water partition coefficient (Wildman–Crippen LogP) is 5.64. The van der Waals surface area contributed by atoms with Gasteiger partial charge in [0.05, 0.1) is 24.1 Å². The van der Waals surface area contributed by atoms with Crippen LogP contribution >= 0.6 is 11.8 Å². The van der Waals surface area contributed by atoms with Gasteiger partial charge in [-0.1, -0.05) is 49.2 Å². The van der Waals surface area contributed by atoms with Gasteiger partial charge in [0.1, 0.15) is 11.6 Å². The van der Waals surface area contributed by atoms with Gasteiger partial charge in [-0.15, -0.1) is 10.2 Å². The Bertz CT molecular complexity index is 1100. The Kier molecular flexibility index (Phi) is 7.09. The molecule has 0 bridgehead atoms. The van der Waals surface area contributed by atoms with Gasteiger partial charge in [0.25, 0.3) is 0 Å². The molecule has 1 amide bonds. The molecule has 6 nitrogen and oxygen atoms in total. The molecule has 3 aromatic rings. The minimum atomic E-state index is -0.321. The van der Waals surface area contributed by atoms with Crippen LogP contribution in [0.2, 0.25) is 0 Å². The number of halogens is 1. The zero-order valence-electron chi connectivity index (χ0n) is 18.3. The third-order valence-electron chi connectivity index (χ3n) is 5.68. The van der Waals surface area contributed by atoms with Gasteiger partial charge < -0.3 is 10.1 Å². The largest absolute Gasteiger partial charge is 0.495 e. The first-order chi connectivity index (χ1) is 15.6. The van der Waals surface area contributed by atoms with Gasteiger partial charge in [-0.3, -0.25) is 9.36 Å². The normalized spacial score (nSPS) is 14.3. The molecule has 1 heterocycles. The highest BCUT2D eigenvalue weighted by atomic mass is 32.2. The Hall–Kier alpha value is -2.87. The highest BCUT2D eigenvalue weighted by Gasteiger charge is 2.25. The lowest BCUT2D eigenvalue weighted by Crippen LogP contribution is -2.18. The number of nitrogens with zero attached hydrogens (tertiary/aromatic N) is 3. The molecule has 1 aromatic heterocycles. The summed E-state index contributed by atoms with van der Waals surface area (Å²) in [6.45, 7) is 1.96. The number of methoxy groups -OCH3 is 1. The van der Waals surface area contributed by atoms with E-state index >= 15 is 0 Å². The van der Waals surface area contributed by atoms with E-state index in [1.807, 2.05) is 29.7 Å². The number of ether oxygens (including phenoxy) is 1. The maximum atomic E-state index is 14.5. The minimum Gasteiger partial charge on any atom is -0.495 e. The lowest BCUT2D eigenvalue weighted by atomic mass is 9.95. The number of carbonyl (C=O) groups excluding carboxylic acids is 1. The van der Waals surface area contributed by atoms with Gasteiger partial charge in [0, 0.05) is 6.04 Å². The molecule has 8 heteroatoms. The molecule has 1 aliphatic rings. The average molecular weight is 455 g/mol. The van der Waals surface area contributed by atoms with Crippen molar-refractivity contribution in [1.82, 2.24) is 14.8 Å². The molecule has 2 aromatic carbocycles. The Balaban J connectivity index is 1.55. The van der Waals surface area contributed by atoms with Gasteiger partial charge >= 0.3 is 0 Å². The second kappa shape index (κ2) is 10.2. The van der Waals surface area contributed by atoms with E-state index in [1.165, 1.54) is 24.2 Å². The standard InChI is InChI=1S/C24H27FN4O2S/c1-16-12-13-21(31-2)20(14-16)26-22(30)15-32-24-28-27-23(18-10-6-7-11-19(18)25)29(24)17-8-4-3-5-9-17/h6-7,10-14,17H,3-5,8-9,15H2,1-2H3,(H,26,30). The maximum absolute atomic E-state index is 14.5. The summed E-state index contributed by atoms with van der Waals surface area (Å²) in [4.78, 5) is 12.7. The smallest absolute Gasteiger partial charge is 0.234 e. The van der Waals surface area contributed by atoms with Crippen LogP contribution in [0.1, 0.15) is 43.7 Å². The Morgan fingerprint density at radius 3 is 2.72 bits per heavy atom. The zero-order valence-corrected chi connectivity index (χ0v) is 19.1. The van der Waals surface area contributed by atoms with Crippen molar-refractivity contribution in [2.24, 2.45) is 0 Å². The highest BCUT2D eigenvalue weighted by Crippen LogP contribution is 2.36. The summed E-state index contributed by atoms with van der Waals surface area (Å²) in [6.07, 6.45) is 5.45. The second-order valence-electron chi connectivity index (χ2n) is 7.99. The van der Waals surface area contributed by atoms with Crippen LogP contribution in [0.25, 0.3) is 11.4 Å². The summed E-state index contributed by atoms with van der Waals surface area (Å²) in [5.74, 6) is 0.820. The van der Waals surface area contributed by atoms with Gasteiger partial charge in [-0.25, -0.2) is 4.39 Å². The Morgan fingerprint density at radius 2 is 1.97 bits per heavy atom. The summed E-state index contributed by atoms with van der Waals surface area (Å²) >= 11 is 1.32. The fraction of sp³-hybridized carbons (Fsp3) is 0.375. The molecule has 0 spiro atoms. The topological polar surface area (TPSA) is 69.0 Å². The number of nitrogens with one attached hydrogen (secondary N) is 1. The van der Waals surface area contributed by atoms with E-state index < -0.39 is 0 Å². The van der Waals surface area contributed by atoms with Gasteiger partial charge in [-0.2, -0.15) is 0 Å². The van der Waals surface area contributed by atoms with E-state index in [0.717, 1.165) is 31.2 Å². The lowest BCUT2D eigenvalue weighted by molar-refractivity contribution is -0.113. The molecule has 4 rings (SSSR count). The number of benzene rings is 2. The van der Waals surface area contributed by atoms with Crippen molar-refractivity contribution in [3.8, 4) is 17.1 Å². The molecule has 1 aliphatic carbocycles. The first kappa shape index (κ1) is 22.3. The van der Waals surface area contributed by atoms with Crippen LogP contribution in [0, 0.1) is 12.7 Å². The van der Waals surface area contributed by atoms with Crippen molar-refractivity contribution in [2.75, 3.05) is 18.2 Å². The summed E-state index contributed by atoms with van der Waals surface area (Å²) < 4.78 is 21.9. The molecule has 32 heavy (non-hydrogen) atoms. The van der Waals surface area contributed by atoms with E-state index in [9.17, 15) is 9.18 Å². The molecular weight excluding hydrogens is 427 g/mol. The molecule has 168 valence electrons. The quantitative estimate of drug-likeness (QED) is 0.468. The Morgan fingerprint density at radius 1 is 1.19 bits per heavy atom. The van der Waals surface area contributed by atoms with Crippen LogP contribution in [-0.4, -0.2) is 33.5 Å². The van der Waals surface area contributed by atoms with Crippen molar-refractivity contribution in [2.45, 2.75) is 50.2 Å². The van der Waals surface area contributed by atoms with Gasteiger partial charge in [-0.05, 0) is 49.6 Å². The second-order valence-corrected chi connectivity index (χ2v) is 8.93. The molecule has 0 radical (unpaired) electrons. The van der Waals surface area contributed by atoms with Crippen LogP contribution in [0.3, 0.4) is 0 Å².